The van der Waals surface area contributed by atoms with Gasteiger partial charge in [0.15, 0.2) is 0 Å². The lowest BCUT2D eigenvalue weighted by Gasteiger charge is -2.35. The minimum Gasteiger partial charge on any atom is -0.379 e. The number of urea groups is 1. The van der Waals surface area contributed by atoms with Crippen molar-refractivity contribution in [3.63, 3.8) is 0 Å². The van der Waals surface area contributed by atoms with Crippen LogP contribution in [0, 0.1) is 5.92 Å². The van der Waals surface area contributed by atoms with Gasteiger partial charge in [0.05, 0.1) is 24.6 Å². The Morgan fingerprint density at radius 1 is 1.22 bits per heavy atom. The van der Waals surface area contributed by atoms with Crippen LogP contribution in [0.25, 0.3) is 5.69 Å². The van der Waals surface area contributed by atoms with E-state index >= 15 is 0 Å². The van der Waals surface area contributed by atoms with Gasteiger partial charge in [0.25, 0.3) is 0 Å². The van der Waals surface area contributed by atoms with Gasteiger partial charge in [-0.2, -0.15) is 5.10 Å². The minimum atomic E-state index is -0.198. The van der Waals surface area contributed by atoms with E-state index < -0.39 is 0 Å². The standard InChI is InChI=1S/C20H29N5O2/c1-16(2)14-17(24-10-12-27-13-11-24)15-21-20(26)23-18-6-3-4-7-19(18)25-9-5-8-22-25/h3-9,16-17H,10-15H2,1-2H3,(H2,21,23,26)/t17-/m0/s1. The van der Waals surface area contributed by atoms with Gasteiger partial charge in [-0.05, 0) is 30.5 Å². The highest BCUT2D eigenvalue weighted by Crippen LogP contribution is 2.19. The molecule has 1 aliphatic heterocycles. The first-order valence-corrected chi connectivity index (χ1v) is 9.59. The zero-order chi connectivity index (χ0) is 19.1. The van der Waals surface area contributed by atoms with Gasteiger partial charge in [-0.15, -0.1) is 0 Å². The summed E-state index contributed by atoms with van der Waals surface area (Å²) in [6.07, 6.45) is 4.62. The van der Waals surface area contributed by atoms with Gasteiger partial charge >= 0.3 is 6.03 Å². The van der Waals surface area contributed by atoms with Crippen molar-refractivity contribution < 1.29 is 9.53 Å². The van der Waals surface area contributed by atoms with Gasteiger partial charge < -0.3 is 15.4 Å². The van der Waals surface area contributed by atoms with E-state index in [0.29, 0.717) is 18.5 Å². The molecule has 2 heterocycles. The second kappa shape index (κ2) is 9.53. The number of carbonyl (C=O) groups is 1. The molecule has 1 saturated heterocycles. The van der Waals surface area contributed by atoms with Gasteiger partial charge in [-0.3, -0.25) is 4.90 Å². The molecule has 0 saturated carbocycles. The number of benzene rings is 1. The van der Waals surface area contributed by atoms with Gasteiger partial charge in [0.2, 0.25) is 0 Å². The first-order valence-electron chi connectivity index (χ1n) is 9.59. The fraction of sp³-hybridized carbons (Fsp3) is 0.500. The molecular weight excluding hydrogens is 342 g/mol. The van der Waals surface area contributed by atoms with Gasteiger partial charge in [0.1, 0.15) is 0 Å². The van der Waals surface area contributed by atoms with Crippen LogP contribution in [0.4, 0.5) is 10.5 Å². The molecule has 1 aliphatic rings. The maximum Gasteiger partial charge on any atom is 0.319 e. The predicted molar refractivity (Wildman–Crippen MR) is 106 cm³/mol. The zero-order valence-corrected chi connectivity index (χ0v) is 16.1. The maximum atomic E-state index is 12.5. The second-order valence-corrected chi connectivity index (χ2v) is 7.23. The van der Waals surface area contributed by atoms with Gasteiger partial charge in [-0.1, -0.05) is 26.0 Å². The molecular formula is C20H29N5O2. The Morgan fingerprint density at radius 3 is 2.70 bits per heavy atom. The van der Waals surface area contributed by atoms with Crippen LogP contribution in [0.1, 0.15) is 20.3 Å². The number of morpholine rings is 1. The summed E-state index contributed by atoms with van der Waals surface area (Å²) in [4.78, 5) is 14.9. The fourth-order valence-electron chi connectivity index (χ4n) is 3.42. The van der Waals surface area contributed by atoms with Crippen molar-refractivity contribution in [1.82, 2.24) is 20.0 Å². The SMILES string of the molecule is CC(C)C[C@@H](CNC(=O)Nc1ccccc1-n1cccn1)N1CCOCC1. The number of amides is 2. The molecule has 1 atom stereocenters. The number of anilines is 1. The number of nitrogens with zero attached hydrogens (tertiary/aromatic N) is 3. The Hall–Kier alpha value is -2.38. The lowest BCUT2D eigenvalue weighted by molar-refractivity contribution is 0.0130. The average Bonchev–Trinajstić information content (AvgIpc) is 3.20. The average molecular weight is 371 g/mol. The van der Waals surface area contributed by atoms with E-state index in [-0.39, 0.29) is 6.03 Å². The Morgan fingerprint density at radius 2 is 2.00 bits per heavy atom. The largest absolute Gasteiger partial charge is 0.379 e. The third-order valence-corrected chi connectivity index (χ3v) is 4.71. The van der Waals surface area contributed by atoms with Crippen molar-refractivity contribution in [1.29, 1.82) is 0 Å². The Kier molecular flexibility index (Phi) is 6.84. The smallest absolute Gasteiger partial charge is 0.319 e. The Labute approximate surface area is 160 Å². The van der Waals surface area contributed by atoms with E-state index in [2.05, 4.69) is 34.5 Å². The summed E-state index contributed by atoms with van der Waals surface area (Å²) < 4.78 is 7.20. The highest BCUT2D eigenvalue weighted by atomic mass is 16.5. The van der Waals surface area contributed by atoms with Crippen LogP contribution in [0.15, 0.2) is 42.7 Å². The summed E-state index contributed by atoms with van der Waals surface area (Å²) >= 11 is 0. The van der Waals surface area contributed by atoms with Crippen LogP contribution in [-0.4, -0.2) is 59.6 Å². The van der Waals surface area contributed by atoms with E-state index in [1.807, 2.05) is 36.5 Å². The molecule has 0 unspecified atom stereocenters. The van der Waals surface area contributed by atoms with Crippen molar-refractivity contribution in [3.8, 4) is 5.69 Å². The molecule has 0 spiro atoms. The topological polar surface area (TPSA) is 71.4 Å². The van der Waals surface area contributed by atoms with Gasteiger partial charge in [-0.25, -0.2) is 9.48 Å². The third-order valence-electron chi connectivity index (χ3n) is 4.71. The van der Waals surface area contributed by atoms with Crippen LogP contribution in [-0.2, 0) is 4.74 Å². The molecule has 2 amide bonds. The molecule has 7 heteroatoms. The fourth-order valence-corrected chi connectivity index (χ4v) is 3.42. The summed E-state index contributed by atoms with van der Waals surface area (Å²) in [6.45, 7) is 8.41. The monoisotopic (exact) mass is 371 g/mol. The third kappa shape index (κ3) is 5.55. The maximum absolute atomic E-state index is 12.5. The zero-order valence-electron chi connectivity index (χ0n) is 16.1. The predicted octanol–water partition coefficient (Wildman–Crippen LogP) is 2.74. The summed E-state index contributed by atoms with van der Waals surface area (Å²) in [7, 11) is 0. The lowest BCUT2D eigenvalue weighted by atomic mass is 10.0. The summed E-state index contributed by atoms with van der Waals surface area (Å²) in [5.74, 6) is 0.572. The minimum absolute atomic E-state index is 0.198. The highest BCUT2D eigenvalue weighted by molar-refractivity contribution is 5.91. The molecule has 1 aromatic carbocycles. The molecule has 0 bridgehead atoms. The van der Waals surface area contributed by atoms with Crippen LogP contribution >= 0.6 is 0 Å². The first kappa shape index (κ1) is 19.4. The summed E-state index contributed by atoms with van der Waals surface area (Å²) in [5.41, 5.74) is 1.56. The van der Waals surface area contributed by atoms with E-state index in [1.54, 1.807) is 10.9 Å². The molecule has 7 nitrogen and oxygen atoms in total. The summed E-state index contributed by atoms with van der Waals surface area (Å²) in [6, 6.07) is 9.62. The highest BCUT2D eigenvalue weighted by Gasteiger charge is 2.22. The molecule has 0 aliphatic carbocycles. The molecule has 1 fully saturated rings. The number of nitrogens with one attached hydrogen (secondary N) is 2. The van der Waals surface area contributed by atoms with Crippen LogP contribution in [0.2, 0.25) is 0 Å². The quantitative estimate of drug-likeness (QED) is 0.785. The van der Waals surface area contributed by atoms with Crippen molar-refractivity contribution in [3.05, 3.63) is 42.7 Å². The summed E-state index contributed by atoms with van der Waals surface area (Å²) in [5, 5.41) is 10.2. The Bertz CT molecular complexity index is 711. The van der Waals surface area contributed by atoms with Crippen LogP contribution in [0.5, 0.6) is 0 Å². The molecule has 3 rings (SSSR count). The second-order valence-electron chi connectivity index (χ2n) is 7.23. The van der Waals surface area contributed by atoms with Crippen molar-refractivity contribution in [2.24, 2.45) is 5.92 Å². The number of hydrogen-bond donors (Lipinski definition) is 2. The molecule has 0 radical (unpaired) electrons. The number of hydrogen-bond acceptors (Lipinski definition) is 4. The number of ether oxygens (including phenoxy) is 1. The number of rotatable bonds is 7. The molecule has 146 valence electrons. The number of para-hydroxylation sites is 2. The Balaban J connectivity index is 1.60. The van der Waals surface area contributed by atoms with E-state index in [1.165, 1.54) is 0 Å². The lowest BCUT2D eigenvalue weighted by Crippen LogP contribution is -2.49. The van der Waals surface area contributed by atoms with E-state index in [4.69, 9.17) is 4.74 Å². The molecule has 27 heavy (non-hydrogen) atoms. The molecule has 2 N–H and O–H groups in total. The van der Waals surface area contributed by atoms with Crippen molar-refractivity contribution in [2.45, 2.75) is 26.3 Å². The molecule has 1 aromatic heterocycles. The van der Waals surface area contributed by atoms with Crippen molar-refractivity contribution >= 4 is 11.7 Å². The first-order chi connectivity index (χ1) is 13.1. The number of carbonyl (C=O) groups excluding carboxylic acids is 1. The number of aromatic nitrogens is 2. The van der Waals surface area contributed by atoms with Crippen LogP contribution in [0.3, 0.4) is 0 Å². The van der Waals surface area contributed by atoms with Gasteiger partial charge in [0, 0.05) is 38.1 Å². The molecule has 2 aromatic rings. The normalized spacial score (nSPS) is 16.3. The van der Waals surface area contributed by atoms with Crippen LogP contribution < -0.4 is 10.6 Å². The van der Waals surface area contributed by atoms with Crippen molar-refractivity contribution in [2.75, 3.05) is 38.2 Å². The van der Waals surface area contributed by atoms with E-state index in [9.17, 15) is 4.79 Å². The van der Waals surface area contributed by atoms with E-state index in [0.717, 1.165) is 44.1 Å².